The molecule has 4 rings (SSSR count). The highest BCUT2D eigenvalue weighted by atomic mass is 19.4. The molecule has 8 atom stereocenters. The number of nitrogens with one attached hydrogen (secondary N) is 4. The smallest absolute Gasteiger partial charge is 0.376 e. The van der Waals surface area contributed by atoms with Gasteiger partial charge in [-0.15, -0.1) is 0 Å². The van der Waals surface area contributed by atoms with E-state index in [1.165, 1.54) is 9.80 Å². The average molecular weight is 1060 g/mol. The quantitative estimate of drug-likeness (QED) is 0.0654. The van der Waals surface area contributed by atoms with Gasteiger partial charge in [0.25, 0.3) is 0 Å². The SMILES string of the molecule is CN[C@@H](C)C(=O)N[C@H](C(=O)N1CCC[C@H]1CN(CCc1ccccc1)C(=O)C(F)(F)F)[C@@H](C)OCCCCCCO[C@H](C)[C@H](NC(=O)[C@H](C)NC)C(=O)N1CCC[C@H]1CN(CCc1ccccc1)C(=O)C(F)(F)F. The second kappa shape index (κ2) is 29.7. The van der Waals surface area contributed by atoms with E-state index in [1.54, 1.807) is 102 Å². The minimum atomic E-state index is -5.12. The number of rotatable bonds is 29. The van der Waals surface area contributed by atoms with Crippen molar-refractivity contribution in [1.29, 1.82) is 0 Å². The van der Waals surface area contributed by atoms with Crippen LogP contribution in [-0.4, -0.2) is 182 Å². The van der Waals surface area contributed by atoms with Crippen LogP contribution in [0.4, 0.5) is 26.3 Å². The molecule has 6 amide bonds. The van der Waals surface area contributed by atoms with Gasteiger partial charge in [0.2, 0.25) is 23.6 Å². The molecule has 4 N–H and O–H groups in total. The first-order valence-electron chi connectivity index (χ1n) is 25.7. The Labute approximate surface area is 431 Å². The van der Waals surface area contributed by atoms with Gasteiger partial charge in [-0.3, -0.25) is 28.8 Å². The first-order valence-corrected chi connectivity index (χ1v) is 25.7. The summed E-state index contributed by atoms with van der Waals surface area (Å²) < 4.78 is 95.1. The molecule has 2 aliphatic heterocycles. The first kappa shape index (κ1) is 61.2. The fraction of sp³-hybridized carbons (Fsp3) is 0.654. The topological polar surface area (TPSA) is 182 Å². The highest BCUT2D eigenvalue weighted by Crippen LogP contribution is 2.27. The number of nitrogens with zero attached hydrogens (tertiary/aromatic N) is 4. The molecule has 2 aromatic carbocycles. The number of hydrogen-bond acceptors (Lipinski definition) is 10. The van der Waals surface area contributed by atoms with Crippen LogP contribution in [0.3, 0.4) is 0 Å². The lowest BCUT2D eigenvalue weighted by atomic mass is 10.1. The largest absolute Gasteiger partial charge is 0.471 e. The number of alkyl halides is 6. The molecule has 22 heteroatoms. The van der Waals surface area contributed by atoms with Crippen LogP contribution in [0.25, 0.3) is 0 Å². The minimum Gasteiger partial charge on any atom is -0.376 e. The number of hydrogen-bond donors (Lipinski definition) is 4. The average Bonchev–Trinajstić information content (AvgIpc) is 4.06. The number of carbonyl (C=O) groups excluding carboxylic acids is 6. The summed E-state index contributed by atoms with van der Waals surface area (Å²) in [5.41, 5.74) is 1.51. The predicted octanol–water partition coefficient (Wildman–Crippen LogP) is 4.79. The molecular weight excluding hydrogens is 979 g/mol. The summed E-state index contributed by atoms with van der Waals surface area (Å²) in [6.45, 7) is 6.21. The second-order valence-corrected chi connectivity index (χ2v) is 19.2. The normalized spacial score (nSPS) is 18.5. The van der Waals surface area contributed by atoms with E-state index in [4.69, 9.17) is 9.47 Å². The van der Waals surface area contributed by atoms with E-state index in [1.807, 2.05) is 0 Å². The van der Waals surface area contributed by atoms with E-state index >= 15 is 0 Å². The number of likely N-dealkylation sites (N-methyl/N-ethyl adjacent to an activating group) is 2. The van der Waals surface area contributed by atoms with Crippen molar-refractivity contribution in [3.63, 3.8) is 0 Å². The van der Waals surface area contributed by atoms with Crippen molar-refractivity contribution >= 4 is 35.4 Å². The maximum absolute atomic E-state index is 14.3. The summed E-state index contributed by atoms with van der Waals surface area (Å²) in [6.07, 6.45) is -7.49. The van der Waals surface area contributed by atoms with Crippen molar-refractivity contribution < 1.29 is 64.6 Å². The molecule has 2 aliphatic rings. The van der Waals surface area contributed by atoms with Crippen LogP contribution < -0.4 is 21.3 Å². The van der Waals surface area contributed by atoms with Crippen molar-refractivity contribution in [2.45, 2.75) is 153 Å². The number of benzene rings is 2. The molecule has 2 aromatic rings. The summed E-state index contributed by atoms with van der Waals surface area (Å²) in [5, 5.41) is 11.2. The monoisotopic (exact) mass is 1050 g/mol. The fourth-order valence-electron chi connectivity index (χ4n) is 9.09. The number of unbranched alkanes of at least 4 members (excludes halogenated alkanes) is 3. The van der Waals surface area contributed by atoms with E-state index < -0.39 is 96.3 Å². The molecule has 2 heterocycles. The van der Waals surface area contributed by atoms with Crippen molar-refractivity contribution in [3.05, 3.63) is 71.8 Å². The Morgan fingerprint density at radius 3 is 1.26 bits per heavy atom. The number of amides is 6. The Morgan fingerprint density at radius 1 is 0.581 bits per heavy atom. The van der Waals surface area contributed by atoms with E-state index in [0.29, 0.717) is 51.4 Å². The summed E-state index contributed by atoms with van der Waals surface area (Å²) in [4.78, 5) is 84.4. The lowest BCUT2D eigenvalue weighted by Gasteiger charge is -2.35. The van der Waals surface area contributed by atoms with Gasteiger partial charge in [0.15, 0.2) is 0 Å². The molecule has 0 spiro atoms. The van der Waals surface area contributed by atoms with Gasteiger partial charge in [0.05, 0.1) is 24.3 Å². The molecule has 2 fully saturated rings. The van der Waals surface area contributed by atoms with E-state index in [-0.39, 0.29) is 65.3 Å². The Hall–Kier alpha value is -5.32. The van der Waals surface area contributed by atoms with Gasteiger partial charge in [-0.2, -0.15) is 26.3 Å². The standard InChI is InChI=1S/C52H76F6N8O8/c1-35(59-5)45(67)61-43(47(69)65-27-17-23-41(65)33-63(49(71)51(53,54)55)29-25-39-19-11-9-12-20-39)37(3)73-31-15-7-8-16-32-74-38(4)44(62-46(68)36(2)60-6)48(70)66-28-18-24-42(66)34-64(50(72)52(56,57)58)30-26-40-21-13-10-14-22-40/h9-14,19-22,35-38,41-44,59-60H,7-8,15-18,23-34H2,1-6H3,(H,61,67)(H,62,68)/t35-,36-,37+,38+,41-,42-,43-,44-/m0/s1. The third-order valence-electron chi connectivity index (χ3n) is 13.8. The van der Waals surface area contributed by atoms with Crippen LogP contribution in [0, 0.1) is 0 Å². The van der Waals surface area contributed by atoms with Crippen molar-refractivity contribution in [2.24, 2.45) is 0 Å². The summed E-state index contributed by atoms with van der Waals surface area (Å²) in [5.74, 6) is -6.01. The van der Waals surface area contributed by atoms with Gasteiger partial charge in [-0.05, 0) is 104 Å². The highest BCUT2D eigenvalue weighted by Gasteiger charge is 2.46. The third kappa shape index (κ3) is 18.8. The van der Waals surface area contributed by atoms with Crippen LogP contribution in [0.2, 0.25) is 0 Å². The van der Waals surface area contributed by atoms with Gasteiger partial charge >= 0.3 is 24.2 Å². The number of likely N-dealkylation sites (tertiary alicyclic amines) is 2. The van der Waals surface area contributed by atoms with E-state index in [0.717, 1.165) is 20.9 Å². The van der Waals surface area contributed by atoms with Crippen LogP contribution in [0.1, 0.15) is 90.2 Å². The van der Waals surface area contributed by atoms with Gasteiger partial charge in [-0.1, -0.05) is 73.5 Å². The Kier molecular flexibility index (Phi) is 24.6. The maximum Gasteiger partial charge on any atom is 0.471 e. The molecule has 0 aliphatic carbocycles. The minimum absolute atomic E-state index is 0.181. The number of halogens is 6. The second-order valence-electron chi connectivity index (χ2n) is 19.2. The molecule has 0 radical (unpaired) electrons. The lowest BCUT2D eigenvalue weighted by Crippen LogP contribution is -2.59. The Balaban J connectivity index is 1.33. The molecule has 414 valence electrons. The zero-order valence-electron chi connectivity index (χ0n) is 43.4. The lowest BCUT2D eigenvalue weighted by molar-refractivity contribution is -0.186. The van der Waals surface area contributed by atoms with Crippen molar-refractivity contribution in [2.75, 3.05) is 66.6 Å². The molecule has 0 saturated carbocycles. The van der Waals surface area contributed by atoms with Gasteiger partial charge in [0, 0.05) is 64.6 Å². The Bertz CT molecular complexity index is 1940. The molecule has 2 saturated heterocycles. The van der Waals surface area contributed by atoms with Gasteiger partial charge in [0.1, 0.15) is 12.1 Å². The van der Waals surface area contributed by atoms with E-state index in [9.17, 15) is 55.1 Å². The molecule has 16 nitrogen and oxygen atoms in total. The third-order valence-corrected chi connectivity index (χ3v) is 13.8. The highest BCUT2D eigenvalue weighted by molar-refractivity contribution is 5.91. The van der Waals surface area contributed by atoms with Gasteiger partial charge in [-0.25, -0.2) is 0 Å². The summed E-state index contributed by atoms with van der Waals surface area (Å²) in [6, 6.07) is 12.4. The van der Waals surface area contributed by atoms with E-state index in [2.05, 4.69) is 21.3 Å². The van der Waals surface area contributed by atoms with Crippen molar-refractivity contribution in [1.82, 2.24) is 40.9 Å². The molecule has 74 heavy (non-hydrogen) atoms. The zero-order valence-corrected chi connectivity index (χ0v) is 43.4. The molecule has 0 aromatic heterocycles. The maximum atomic E-state index is 14.3. The zero-order chi connectivity index (χ0) is 54.6. The van der Waals surface area contributed by atoms with Gasteiger partial charge < -0.3 is 50.3 Å². The molecule has 0 unspecified atom stereocenters. The molecular formula is C52H76F6N8O8. The summed E-state index contributed by atoms with van der Waals surface area (Å²) >= 11 is 0. The van der Waals surface area contributed by atoms with Crippen LogP contribution in [0.5, 0.6) is 0 Å². The molecule has 0 bridgehead atoms. The predicted molar refractivity (Wildman–Crippen MR) is 265 cm³/mol. The first-order chi connectivity index (χ1) is 35.1. The Morgan fingerprint density at radius 2 is 0.932 bits per heavy atom. The fourth-order valence-corrected chi connectivity index (χ4v) is 9.09. The van der Waals surface area contributed by atoms with Crippen molar-refractivity contribution in [3.8, 4) is 0 Å². The number of ether oxygens (including phenoxy) is 2. The van der Waals surface area contributed by atoms with Crippen LogP contribution in [0.15, 0.2) is 60.7 Å². The number of carbonyl (C=O) groups is 6. The van der Waals surface area contributed by atoms with Crippen LogP contribution in [-0.2, 0) is 51.1 Å². The van der Waals surface area contributed by atoms with Crippen LogP contribution >= 0.6 is 0 Å². The summed E-state index contributed by atoms with van der Waals surface area (Å²) in [7, 11) is 3.16.